The Balaban J connectivity index is 2.15. The van der Waals surface area contributed by atoms with Gasteiger partial charge in [-0.2, -0.15) is 5.26 Å². The third-order valence-electron chi connectivity index (χ3n) is 2.48. The molecule has 0 N–H and O–H groups in total. The van der Waals surface area contributed by atoms with Crippen LogP contribution in [0.4, 0.5) is 4.39 Å². The summed E-state index contributed by atoms with van der Waals surface area (Å²) in [6.07, 6.45) is 0. The predicted molar refractivity (Wildman–Crippen MR) is 71.9 cm³/mol. The van der Waals surface area contributed by atoms with Gasteiger partial charge in [0.05, 0.1) is 15.6 Å². The molecule has 0 aliphatic rings. The van der Waals surface area contributed by atoms with Crippen molar-refractivity contribution >= 4 is 23.2 Å². The van der Waals surface area contributed by atoms with Crippen LogP contribution >= 0.6 is 23.2 Å². The molecule has 0 saturated carbocycles. The van der Waals surface area contributed by atoms with Crippen molar-refractivity contribution in [1.29, 1.82) is 5.26 Å². The number of hydrogen-bond acceptors (Lipinski definition) is 2. The number of rotatable bonds is 3. The van der Waals surface area contributed by atoms with E-state index in [2.05, 4.69) is 0 Å². The Morgan fingerprint density at radius 3 is 2.63 bits per heavy atom. The molecule has 5 heteroatoms. The van der Waals surface area contributed by atoms with E-state index < -0.39 is 5.82 Å². The van der Waals surface area contributed by atoms with E-state index in [1.165, 1.54) is 6.07 Å². The third kappa shape index (κ3) is 3.17. The van der Waals surface area contributed by atoms with Gasteiger partial charge in [0.15, 0.2) is 0 Å². The van der Waals surface area contributed by atoms with Gasteiger partial charge in [0, 0.05) is 11.6 Å². The Labute approximate surface area is 119 Å². The predicted octanol–water partition coefficient (Wildman–Crippen LogP) is 4.58. The first kappa shape index (κ1) is 13.7. The zero-order valence-corrected chi connectivity index (χ0v) is 11.2. The van der Waals surface area contributed by atoms with Crippen molar-refractivity contribution in [2.24, 2.45) is 0 Å². The molecule has 0 aliphatic carbocycles. The van der Waals surface area contributed by atoms with Gasteiger partial charge >= 0.3 is 0 Å². The SMILES string of the molecule is N#Cc1cccc(COc2ccc(Cl)c(Cl)c2)c1F. The molecule has 0 saturated heterocycles. The Hall–Kier alpha value is -1.76. The summed E-state index contributed by atoms with van der Waals surface area (Å²) < 4.78 is 19.2. The lowest BCUT2D eigenvalue weighted by Gasteiger charge is -2.08. The number of benzene rings is 2. The normalized spacial score (nSPS) is 10.0. The molecule has 2 aromatic rings. The maximum Gasteiger partial charge on any atom is 0.147 e. The highest BCUT2D eigenvalue weighted by atomic mass is 35.5. The van der Waals surface area contributed by atoms with Gasteiger partial charge in [0.2, 0.25) is 0 Å². The first-order valence-electron chi connectivity index (χ1n) is 5.37. The fourth-order valence-corrected chi connectivity index (χ4v) is 1.79. The third-order valence-corrected chi connectivity index (χ3v) is 3.22. The van der Waals surface area contributed by atoms with Gasteiger partial charge in [-0.25, -0.2) is 4.39 Å². The van der Waals surface area contributed by atoms with Gasteiger partial charge in [-0.15, -0.1) is 0 Å². The van der Waals surface area contributed by atoms with E-state index in [9.17, 15) is 4.39 Å². The summed E-state index contributed by atoms with van der Waals surface area (Å²) in [4.78, 5) is 0. The van der Waals surface area contributed by atoms with E-state index in [-0.39, 0.29) is 12.2 Å². The molecule has 2 nitrogen and oxygen atoms in total. The molecular weight excluding hydrogens is 288 g/mol. The second kappa shape index (κ2) is 5.92. The zero-order chi connectivity index (χ0) is 13.8. The van der Waals surface area contributed by atoms with Crippen LogP contribution in [0.5, 0.6) is 5.75 Å². The van der Waals surface area contributed by atoms with Crippen molar-refractivity contribution in [3.8, 4) is 11.8 Å². The van der Waals surface area contributed by atoms with E-state index in [4.69, 9.17) is 33.2 Å². The molecular formula is C14H8Cl2FNO. The Morgan fingerprint density at radius 2 is 1.95 bits per heavy atom. The molecule has 19 heavy (non-hydrogen) atoms. The Kier molecular flexibility index (Phi) is 4.26. The molecule has 0 fully saturated rings. The van der Waals surface area contributed by atoms with E-state index in [1.807, 2.05) is 0 Å². The molecule has 2 rings (SSSR count). The van der Waals surface area contributed by atoms with Crippen LogP contribution < -0.4 is 4.74 Å². The van der Waals surface area contributed by atoms with Gasteiger partial charge in [-0.05, 0) is 18.2 Å². The minimum Gasteiger partial charge on any atom is -0.489 e. The van der Waals surface area contributed by atoms with Crippen LogP contribution in [0.3, 0.4) is 0 Å². The molecule has 0 spiro atoms. The summed E-state index contributed by atoms with van der Waals surface area (Å²) in [5.41, 5.74) is 0.306. The van der Waals surface area contributed by atoms with Gasteiger partial charge in [-0.1, -0.05) is 35.3 Å². The van der Waals surface area contributed by atoms with E-state index in [1.54, 1.807) is 36.4 Å². The molecule has 0 unspecified atom stereocenters. The second-order valence-corrected chi connectivity index (χ2v) is 4.57. The summed E-state index contributed by atoms with van der Waals surface area (Å²) in [6.45, 7) is 0.0132. The highest BCUT2D eigenvalue weighted by molar-refractivity contribution is 6.42. The molecule has 2 aromatic carbocycles. The largest absolute Gasteiger partial charge is 0.489 e. The van der Waals surface area contributed by atoms with Crippen molar-refractivity contribution in [3.63, 3.8) is 0 Å². The summed E-state index contributed by atoms with van der Waals surface area (Å²) >= 11 is 11.6. The van der Waals surface area contributed by atoms with Crippen LogP contribution in [-0.2, 0) is 6.61 Å². The highest BCUT2D eigenvalue weighted by Crippen LogP contribution is 2.27. The van der Waals surface area contributed by atoms with Crippen molar-refractivity contribution in [2.75, 3.05) is 0 Å². The van der Waals surface area contributed by atoms with E-state index >= 15 is 0 Å². The smallest absolute Gasteiger partial charge is 0.147 e. The number of ether oxygens (including phenoxy) is 1. The van der Waals surface area contributed by atoms with Crippen LogP contribution in [0.15, 0.2) is 36.4 Å². The maximum absolute atomic E-state index is 13.8. The molecule has 0 radical (unpaired) electrons. The van der Waals surface area contributed by atoms with Crippen molar-refractivity contribution < 1.29 is 9.13 Å². The minimum atomic E-state index is -0.565. The fraction of sp³-hybridized carbons (Fsp3) is 0.0714. The van der Waals surface area contributed by atoms with Crippen LogP contribution in [-0.4, -0.2) is 0 Å². The van der Waals surface area contributed by atoms with Crippen LogP contribution in [0.1, 0.15) is 11.1 Å². The summed E-state index contributed by atoms with van der Waals surface area (Å²) in [7, 11) is 0. The molecule has 0 amide bonds. The van der Waals surface area contributed by atoms with Crippen molar-refractivity contribution in [2.45, 2.75) is 6.61 Å². The Bertz CT molecular complexity index is 652. The lowest BCUT2D eigenvalue weighted by molar-refractivity contribution is 0.300. The highest BCUT2D eigenvalue weighted by Gasteiger charge is 2.08. The Morgan fingerprint density at radius 1 is 1.16 bits per heavy atom. The molecule has 0 bridgehead atoms. The van der Waals surface area contributed by atoms with Gasteiger partial charge in [0.1, 0.15) is 24.2 Å². The van der Waals surface area contributed by atoms with Gasteiger partial charge in [0.25, 0.3) is 0 Å². The lowest BCUT2D eigenvalue weighted by atomic mass is 10.1. The number of nitriles is 1. The standard InChI is InChI=1S/C14H8Cl2FNO/c15-12-5-4-11(6-13(12)16)19-8-10-3-1-2-9(7-18)14(10)17/h1-6H,8H2. The lowest BCUT2D eigenvalue weighted by Crippen LogP contribution is -2.00. The topological polar surface area (TPSA) is 33.0 Å². The van der Waals surface area contributed by atoms with E-state index in [0.717, 1.165) is 0 Å². The molecule has 96 valence electrons. The average molecular weight is 296 g/mol. The first-order valence-corrected chi connectivity index (χ1v) is 6.12. The molecule has 0 aromatic heterocycles. The van der Waals surface area contributed by atoms with Crippen LogP contribution in [0.2, 0.25) is 10.0 Å². The summed E-state index contributed by atoms with van der Waals surface area (Å²) in [5.74, 6) is -0.0822. The minimum absolute atomic E-state index is 0.00441. The summed E-state index contributed by atoms with van der Waals surface area (Å²) in [5, 5.41) is 9.52. The van der Waals surface area contributed by atoms with Crippen LogP contribution in [0, 0.1) is 17.1 Å². The maximum atomic E-state index is 13.8. The fourth-order valence-electron chi connectivity index (χ4n) is 1.51. The first-order chi connectivity index (χ1) is 9.11. The van der Waals surface area contributed by atoms with Gasteiger partial charge < -0.3 is 4.74 Å². The molecule has 0 aliphatic heterocycles. The molecule has 0 heterocycles. The molecule has 0 atom stereocenters. The van der Waals surface area contributed by atoms with Gasteiger partial charge in [-0.3, -0.25) is 0 Å². The number of halogens is 3. The quantitative estimate of drug-likeness (QED) is 0.830. The monoisotopic (exact) mass is 295 g/mol. The second-order valence-electron chi connectivity index (χ2n) is 3.76. The summed E-state index contributed by atoms with van der Waals surface area (Å²) in [6, 6.07) is 11.2. The number of hydrogen-bond donors (Lipinski definition) is 0. The van der Waals surface area contributed by atoms with Crippen molar-refractivity contribution in [1.82, 2.24) is 0 Å². The van der Waals surface area contributed by atoms with Crippen LogP contribution in [0.25, 0.3) is 0 Å². The van der Waals surface area contributed by atoms with E-state index in [0.29, 0.717) is 21.4 Å². The zero-order valence-electron chi connectivity index (χ0n) is 9.66. The average Bonchev–Trinajstić information content (AvgIpc) is 2.41. The van der Waals surface area contributed by atoms with Crippen molar-refractivity contribution in [3.05, 3.63) is 63.4 Å². The number of nitrogens with zero attached hydrogens (tertiary/aromatic N) is 1.